The minimum Gasteiger partial charge on any atom is -0.395 e. The molecule has 1 aromatic heterocycles. The normalized spacial score (nSPS) is 10.8. The zero-order valence-corrected chi connectivity index (χ0v) is 12.5. The van der Waals surface area contributed by atoms with Gasteiger partial charge >= 0.3 is 0 Å². The fourth-order valence-electron chi connectivity index (χ4n) is 2.26. The van der Waals surface area contributed by atoms with Crippen molar-refractivity contribution in [3.8, 4) is 0 Å². The van der Waals surface area contributed by atoms with Crippen molar-refractivity contribution in [3.05, 3.63) is 11.8 Å². The van der Waals surface area contributed by atoms with E-state index in [0.29, 0.717) is 18.5 Å². The van der Waals surface area contributed by atoms with Crippen LogP contribution in [0.3, 0.4) is 0 Å². The second kappa shape index (κ2) is 7.94. The smallest absolute Gasteiger partial charge is 0.224 e. The summed E-state index contributed by atoms with van der Waals surface area (Å²) in [6.45, 7) is 9.86. The van der Waals surface area contributed by atoms with Gasteiger partial charge in [0.15, 0.2) is 0 Å². The summed E-state index contributed by atoms with van der Waals surface area (Å²) in [5.41, 5.74) is 0.940. The molecule has 1 rings (SSSR count). The number of aliphatic hydroxyl groups excluding tert-OH is 1. The molecule has 0 saturated heterocycles. The van der Waals surface area contributed by atoms with Gasteiger partial charge in [-0.2, -0.15) is 4.98 Å². The van der Waals surface area contributed by atoms with Gasteiger partial charge in [0.1, 0.15) is 5.82 Å². The van der Waals surface area contributed by atoms with Crippen LogP contribution in [0.1, 0.15) is 39.3 Å². The molecule has 0 aliphatic heterocycles. The quantitative estimate of drug-likeness (QED) is 0.755. The summed E-state index contributed by atoms with van der Waals surface area (Å²) in [6.07, 6.45) is 2.08. The van der Waals surface area contributed by atoms with Gasteiger partial charge in [-0.3, -0.25) is 0 Å². The number of nitrogens with zero attached hydrogens (tertiary/aromatic N) is 3. The van der Waals surface area contributed by atoms with E-state index in [0.717, 1.165) is 30.9 Å². The van der Waals surface area contributed by atoms with E-state index in [4.69, 9.17) is 0 Å². The Balaban J connectivity index is 3.06. The summed E-state index contributed by atoms with van der Waals surface area (Å²) in [6, 6.07) is 2.38. The molecular formula is C14H26N4O. The third-order valence-corrected chi connectivity index (χ3v) is 3.19. The third-order valence-electron chi connectivity index (χ3n) is 3.19. The minimum atomic E-state index is 0.135. The van der Waals surface area contributed by atoms with Crippen molar-refractivity contribution in [3.63, 3.8) is 0 Å². The summed E-state index contributed by atoms with van der Waals surface area (Å²) in [4.78, 5) is 11.1. The van der Waals surface area contributed by atoms with Crippen LogP contribution in [0.25, 0.3) is 0 Å². The molecular weight excluding hydrogens is 240 g/mol. The largest absolute Gasteiger partial charge is 0.395 e. The molecule has 0 radical (unpaired) electrons. The highest BCUT2D eigenvalue weighted by Crippen LogP contribution is 2.20. The Morgan fingerprint density at radius 2 is 1.95 bits per heavy atom. The van der Waals surface area contributed by atoms with Crippen molar-refractivity contribution in [2.75, 3.05) is 29.9 Å². The number of anilines is 2. The molecule has 0 bridgehead atoms. The molecule has 2 N–H and O–H groups in total. The van der Waals surface area contributed by atoms with Crippen molar-refractivity contribution in [1.82, 2.24) is 9.97 Å². The van der Waals surface area contributed by atoms with Gasteiger partial charge in [0.2, 0.25) is 5.95 Å². The van der Waals surface area contributed by atoms with Crippen molar-refractivity contribution in [2.45, 2.75) is 46.6 Å². The minimum absolute atomic E-state index is 0.135. The van der Waals surface area contributed by atoms with E-state index < -0.39 is 0 Å². The molecule has 108 valence electrons. The summed E-state index contributed by atoms with van der Waals surface area (Å²) in [5.74, 6) is 1.55. The Bertz CT molecular complexity index is 380. The molecule has 0 saturated carbocycles. The highest BCUT2D eigenvalue weighted by atomic mass is 16.3. The second-order valence-electron chi connectivity index (χ2n) is 4.61. The number of aromatic nitrogens is 2. The van der Waals surface area contributed by atoms with Gasteiger partial charge in [0, 0.05) is 30.9 Å². The molecule has 5 nitrogen and oxygen atoms in total. The summed E-state index contributed by atoms with van der Waals surface area (Å²) >= 11 is 0. The standard InChI is InChI=1S/C14H26N4O/c1-5-12(6-2)18(8-9-19)13-10-11(4)16-14(17-13)15-7-3/h10,12,19H,5-9H2,1-4H3,(H,15,16,17). The highest BCUT2D eigenvalue weighted by molar-refractivity contribution is 5.45. The van der Waals surface area contributed by atoms with Crippen molar-refractivity contribution >= 4 is 11.8 Å². The number of aryl methyl sites for hydroxylation is 1. The van der Waals surface area contributed by atoms with E-state index in [1.54, 1.807) is 0 Å². The lowest BCUT2D eigenvalue weighted by Crippen LogP contribution is -2.37. The maximum atomic E-state index is 9.28. The number of nitrogens with one attached hydrogen (secondary N) is 1. The Kier molecular flexibility index (Phi) is 6.56. The van der Waals surface area contributed by atoms with Crippen molar-refractivity contribution in [1.29, 1.82) is 0 Å². The number of hydrogen-bond donors (Lipinski definition) is 2. The van der Waals surface area contributed by atoms with E-state index >= 15 is 0 Å². The van der Waals surface area contributed by atoms with Crippen LogP contribution in [0.15, 0.2) is 6.07 Å². The molecule has 0 aliphatic carbocycles. The molecule has 0 aromatic carbocycles. The van der Waals surface area contributed by atoms with Crippen LogP contribution in [0, 0.1) is 6.92 Å². The van der Waals surface area contributed by atoms with Crippen LogP contribution < -0.4 is 10.2 Å². The lowest BCUT2D eigenvalue weighted by atomic mass is 10.1. The van der Waals surface area contributed by atoms with Gasteiger partial charge < -0.3 is 15.3 Å². The molecule has 1 heterocycles. The topological polar surface area (TPSA) is 61.3 Å². The SMILES string of the molecule is CCNc1nc(C)cc(N(CCO)C(CC)CC)n1. The summed E-state index contributed by atoms with van der Waals surface area (Å²) < 4.78 is 0. The van der Waals surface area contributed by atoms with Gasteiger partial charge in [-0.05, 0) is 26.7 Å². The Morgan fingerprint density at radius 1 is 1.26 bits per heavy atom. The maximum absolute atomic E-state index is 9.28. The fraction of sp³-hybridized carbons (Fsp3) is 0.714. The highest BCUT2D eigenvalue weighted by Gasteiger charge is 2.17. The van der Waals surface area contributed by atoms with Crippen molar-refractivity contribution < 1.29 is 5.11 Å². The molecule has 19 heavy (non-hydrogen) atoms. The van der Waals surface area contributed by atoms with Crippen LogP contribution in [0.5, 0.6) is 0 Å². The predicted octanol–water partition coefficient (Wildman–Crippen LogP) is 2.20. The molecule has 0 fully saturated rings. The molecule has 0 amide bonds. The number of aliphatic hydroxyl groups is 1. The Morgan fingerprint density at radius 3 is 2.47 bits per heavy atom. The molecule has 0 spiro atoms. The number of rotatable bonds is 8. The first-order valence-electron chi connectivity index (χ1n) is 7.13. The van der Waals surface area contributed by atoms with Gasteiger partial charge in [-0.15, -0.1) is 0 Å². The maximum Gasteiger partial charge on any atom is 0.224 e. The van der Waals surface area contributed by atoms with Crippen LogP contribution in [-0.4, -0.2) is 40.8 Å². The van der Waals surface area contributed by atoms with Crippen LogP contribution >= 0.6 is 0 Å². The van der Waals surface area contributed by atoms with Gasteiger partial charge in [0.25, 0.3) is 0 Å². The van der Waals surface area contributed by atoms with Gasteiger partial charge in [-0.25, -0.2) is 4.98 Å². The fourth-order valence-corrected chi connectivity index (χ4v) is 2.26. The first kappa shape index (κ1) is 15.7. The van der Waals surface area contributed by atoms with Gasteiger partial charge in [-0.1, -0.05) is 13.8 Å². The Labute approximate surface area is 116 Å². The average Bonchev–Trinajstić information content (AvgIpc) is 2.38. The molecule has 5 heteroatoms. The summed E-state index contributed by atoms with van der Waals surface area (Å²) in [7, 11) is 0. The average molecular weight is 266 g/mol. The molecule has 0 unspecified atom stereocenters. The third kappa shape index (κ3) is 4.35. The molecule has 0 aliphatic rings. The van der Waals surface area contributed by atoms with Crippen LogP contribution in [0.4, 0.5) is 11.8 Å². The lowest BCUT2D eigenvalue weighted by molar-refractivity contribution is 0.295. The first-order valence-corrected chi connectivity index (χ1v) is 7.13. The van der Waals surface area contributed by atoms with Crippen LogP contribution in [0.2, 0.25) is 0 Å². The molecule has 0 atom stereocenters. The second-order valence-corrected chi connectivity index (χ2v) is 4.61. The monoisotopic (exact) mass is 266 g/mol. The number of hydrogen-bond acceptors (Lipinski definition) is 5. The molecule has 1 aromatic rings. The van der Waals surface area contributed by atoms with E-state index in [2.05, 4.69) is 34.0 Å². The predicted molar refractivity (Wildman–Crippen MR) is 79.7 cm³/mol. The zero-order valence-electron chi connectivity index (χ0n) is 12.5. The van der Waals surface area contributed by atoms with E-state index in [9.17, 15) is 5.11 Å². The van der Waals surface area contributed by atoms with E-state index in [1.165, 1.54) is 0 Å². The Hall–Kier alpha value is -1.36. The van der Waals surface area contributed by atoms with E-state index in [-0.39, 0.29) is 6.61 Å². The lowest BCUT2D eigenvalue weighted by Gasteiger charge is -2.31. The van der Waals surface area contributed by atoms with E-state index in [1.807, 2.05) is 19.9 Å². The van der Waals surface area contributed by atoms with Crippen LogP contribution in [-0.2, 0) is 0 Å². The summed E-state index contributed by atoms with van der Waals surface area (Å²) in [5, 5.41) is 12.4. The first-order chi connectivity index (χ1) is 9.15. The zero-order chi connectivity index (χ0) is 14.3. The van der Waals surface area contributed by atoms with Crippen molar-refractivity contribution in [2.24, 2.45) is 0 Å². The van der Waals surface area contributed by atoms with Gasteiger partial charge in [0.05, 0.1) is 6.61 Å².